The third-order valence-electron chi connectivity index (χ3n) is 5.41. The number of aryl methyl sites for hydroxylation is 1. The quantitative estimate of drug-likeness (QED) is 0.548. The summed E-state index contributed by atoms with van der Waals surface area (Å²) in [5.41, 5.74) is 13.3. The van der Waals surface area contributed by atoms with Crippen molar-refractivity contribution in [1.29, 1.82) is 0 Å². The highest BCUT2D eigenvalue weighted by Gasteiger charge is 2.39. The van der Waals surface area contributed by atoms with E-state index in [0.29, 0.717) is 43.2 Å². The van der Waals surface area contributed by atoms with Crippen LogP contribution in [0.3, 0.4) is 0 Å². The molecule has 3 rings (SSSR count). The minimum Gasteiger partial charge on any atom is -0.396 e. The number of anilines is 2. The Balaban J connectivity index is 0.00000320. The summed E-state index contributed by atoms with van der Waals surface area (Å²) in [7, 11) is 0. The topological polar surface area (TPSA) is 130 Å². The predicted octanol–water partition coefficient (Wildman–Crippen LogP) is 2.19. The summed E-state index contributed by atoms with van der Waals surface area (Å²) in [6, 6.07) is 7.61. The molecule has 1 aliphatic rings. The number of nitrogens with zero attached hydrogens (tertiary/aromatic N) is 3. The summed E-state index contributed by atoms with van der Waals surface area (Å²) in [5, 5.41) is 12.8. The Kier molecular flexibility index (Phi) is 8.00. The number of rotatable bonds is 6. The average Bonchev–Trinajstić information content (AvgIpc) is 2.71. The SMILES string of the molecule is C.Cc1ccc([C@H](CCO)NC(=O)C2(N)CCN(c3ncnc(N)c3Cl)CC2)cc1. The van der Waals surface area contributed by atoms with Crippen LogP contribution < -0.4 is 21.7 Å². The van der Waals surface area contributed by atoms with E-state index in [0.717, 1.165) is 11.1 Å². The van der Waals surface area contributed by atoms with E-state index < -0.39 is 5.54 Å². The molecule has 0 radical (unpaired) electrons. The lowest BCUT2D eigenvalue weighted by molar-refractivity contribution is -0.128. The predicted molar refractivity (Wildman–Crippen MR) is 120 cm³/mol. The van der Waals surface area contributed by atoms with Crippen molar-refractivity contribution in [3.05, 3.63) is 46.7 Å². The van der Waals surface area contributed by atoms with Gasteiger partial charge in [-0.15, -0.1) is 0 Å². The number of nitrogen functional groups attached to an aromatic ring is 1. The van der Waals surface area contributed by atoms with Gasteiger partial charge in [-0.2, -0.15) is 0 Å². The van der Waals surface area contributed by atoms with Gasteiger partial charge in [0.2, 0.25) is 5.91 Å². The van der Waals surface area contributed by atoms with E-state index in [1.54, 1.807) is 0 Å². The zero-order valence-corrected chi connectivity index (χ0v) is 17.2. The maximum Gasteiger partial charge on any atom is 0.240 e. The zero-order chi connectivity index (χ0) is 21.0. The van der Waals surface area contributed by atoms with Crippen LogP contribution in [0.5, 0.6) is 0 Å². The van der Waals surface area contributed by atoms with Crippen molar-refractivity contribution in [3.63, 3.8) is 0 Å². The molecule has 164 valence electrons. The van der Waals surface area contributed by atoms with Crippen LogP contribution in [0.4, 0.5) is 11.6 Å². The number of benzene rings is 1. The highest BCUT2D eigenvalue weighted by molar-refractivity contribution is 6.35. The zero-order valence-electron chi connectivity index (χ0n) is 16.4. The number of nitrogens with two attached hydrogens (primary N) is 2. The van der Waals surface area contributed by atoms with E-state index in [1.807, 2.05) is 36.1 Å². The number of aliphatic hydroxyl groups is 1. The van der Waals surface area contributed by atoms with Crippen LogP contribution in [0.1, 0.15) is 43.9 Å². The smallest absolute Gasteiger partial charge is 0.240 e. The van der Waals surface area contributed by atoms with Gasteiger partial charge in [0, 0.05) is 19.7 Å². The monoisotopic (exact) mass is 434 g/mol. The van der Waals surface area contributed by atoms with E-state index in [9.17, 15) is 9.90 Å². The highest BCUT2D eigenvalue weighted by Crippen LogP contribution is 2.31. The van der Waals surface area contributed by atoms with Crippen molar-refractivity contribution in [2.45, 2.75) is 45.2 Å². The fraction of sp³-hybridized carbons (Fsp3) is 0.476. The minimum atomic E-state index is -1.00. The number of hydrogen-bond acceptors (Lipinski definition) is 7. The van der Waals surface area contributed by atoms with Crippen LogP contribution in [0.25, 0.3) is 0 Å². The summed E-state index contributed by atoms with van der Waals surface area (Å²) >= 11 is 6.22. The summed E-state index contributed by atoms with van der Waals surface area (Å²) in [5.74, 6) is 0.563. The van der Waals surface area contributed by atoms with Crippen LogP contribution in [0.2, 0.25) is 5.02 Å². The third kappa shape index (κ3) is 5.19. The van der Waals surface area contributed by atoms with Crippen LogP contribution in [-0.2, 0) is 4.79 Å². The van der Waals surface area contributed by atoms with Crippen LogP contribution in [0, 0.1) is 6.92 Å². The summed E-state index contributed by atoms with van der Waals surface area (Å²) in [4.78, 5) is 23.0. The Hall–Kier alpha value is -2.42. The molecule has 1 aromatic carbocycles. The minimum absolute atomic E-state index is 0. The number of nitrogens with one attached hydrogen (secondary N) is 1. The number of piperidine rings is 1. The average molecular weight is 435 g/mol. The first-order valence-corrected chi connectivity index (χ1v) is 10.00. The van der Waals surface area contributed by atoms with E-state index in [-0.39, 0.29) is 31.8 Å². The van der Waals surface area contributed by atoms with Gasteiger partial charge in [-0.25, -0.2) is 9.97 Å². The number of carbonyl (C=O) groups is 1. The van der Waals surface area contributed by atoms with Crippen molar-refractivity contribution >= 4 is 29.1 Å². The van der Waals surface area contributed by atoms with Gasteiger partial charge in [-0.1, -0.05) is 48.9 Å². The molecule has 30 heavy (non-hydrogen) atoms. The molecule has 0 saturated carbocycles. The molecular formula is C21H31ClN6O2. The molecule has 6 N–H and O–H groups in total. The number of carbonyl (C=O) groups excluding carboxylic acids is 1. The lowest BCUT2D eigenvalue weighted by atomic mass is 9.87. The first-order valence-electron chi connectivity index (χ1n) is 9.62. The molecule has 1 saturated heterocycles. The second-order valence-corrected chi connectivity index (χ2v) is 7.87. The first kappa shape index (κ1) is 23.9. The van der Waals surface area contributed by atoms with Crippen molar-refractivity contribution in [3.8, 4) is 0 Å². The van der Waals surface area contributed by atoms with Gasteiger partial charge in [-0.05, 0) is 31.7 Å². The number of aromatic nitrogens is 2. The molecule has 1 amide bonds. The molecule has 9 heteroatoms. The Morgan fingerprint density at radius 3 is 2.53 bits per heavy atom. The second kappa shape index (κ2) is 10.1. The molecule has 1 aromatic heterocycles. The van der Waals surface area contributed by atoms with Crippen molar-refractivity contribution < 1.29 is 9.90 Å². The fourth-order valence-electron chi connectivity index (χ4n) is 3.49. The molecule has 0 aliphatic carbocycles. The maximum atomic E-state index is 13.0. The Bertz CT molecular complexity index is 853. The third-order valence-corrected chi connectivity index (χ3v) is 5.77. The van der Waals surface area contributed by atoms with E-state index >= 15 is 0 Å². The molecule has 8 nitrogen and oxygen atoms in total. The highest BCUT2D eigenvalue weighted by atomic mass is 35.5. The Morgan fingerprint density at radius 1 is 1.30 bits per heavy atom. The lowest BCUT2D eigenvalue weighted by Gasteiger charge is -2.39. The van der Waals surface area contributed by atoms with Crippen molar-refractivity contribution in [1.82, 2.24) is 15.3 Å². The fourth-order valence-corrected chi connectivity index (χ4v) is 3.71. The van der Waals surface area contributed by atoms with Crippen LogP contribution >= 0.6 is 11.6 Å². The number of amides is 1. The van der Waals surface area contributed by atoms with E-state index in [1.165, 1.54) is 6.33 Å². The molecule has 0 spiro atoms. The Morgan fingerprint density at radius 2 is 1.93 bits per heavy atom. The van der Waals surface area contributed by atoms with Crippen LogP contribution in [0.15, 0.2) is 30.6 Å². The summed E-state index contributed by atoms with van der Waals surface area (Å²) in [6.07, 6.45) is 2.68. The molecule has 0 bridgehead atoms. The van der Waals surface area contributed by atoms with E-state index in [2.05, 4.69) is 15.3 Å². The Labute approximate surface area is 182 Å². The molecule has 1 atom stereocenters. The standard InChI is InChI=1S/C20H27ClN6O2.CH4/c1-13-2-4-14(5-3-13)15(6-11-28)26-19(29)20(23)7-9-27(10-8-20)18-16(21)17(22)24-12-25-18;/h2-5,12,15,28H,6-11,23H2,1H3,(H,26,29)(H2,22,24,25);1H4/t15-;/m0./s1. The van der Waals surface area contributed by atoms with Crippen molar-refractivity contribution in [2.75, 3.05) is 30.3 Å². The normalized spacial score (nSPS) is 16.5. The van der Waals surface area contributed by atoms with Gasteiger partial charge in [-0.3, -0.25) is 4.79 Å². The molecule has 2 heterocycles. The lowest BCUT2D eigenvalue weighted by Crippen LogP contribution is -2.60. The van der Waals surface area contributed by atoms with Crippen LogP contribution in [-0.4, -0.2) is 46.2 Å². The first-order chi connectivity index (χ1) is 13.8. The number of halogens is 1. The number of hydrogen-bond donors (Lipinski definition) is 4. The van der Waals surface area contributed by atoms with Crippen molar-refractivity contribution in [2.24, 2.45) is 5.73 Å². The molecule has 1 fully saturated rings. The van der Waals surface area contributed by atoms with Gasteiger partial charge < -0.3 is 26.8 Å². The van der Waals surface area contributed by atoms with E-state index in [4.69, 9.17) is 23.1 Å². The molecule has 1 aliphatic heterocycles. The summed E-state index contributed by atoms with van der Waals surface area (Å²) < 4.78 is 0. The van der Waals surface area contributed by atoms with Gasteiger partial charge >= 0.3 is 0 Å². The van der Waals surface area contributed by atoms with Gasteiger partial charge in [0.15, 0.2) is 5.82 Å². The molecule has 0 unspecified atom stereocenters. The summed E-state index contributed by atoms with van der Waals surface area (Å²) in [6.45, 7) is 3.02. The number of aliphatic hydroxyl groups excluding tert-OH is 1. The van der Waals surface area contributed by atoms with Gasteiger partial charge in [0.05, 0.1) is 11.6 Å². The molecule has 2 aromatic rings. The van der Waals surface area contributed by atoms with Gasteiger partial charge in [0.25, 0.3) is 0 Å². The second-order valence-electron chi connectivity index (χ2n) is 7.49. The van der Waals surface area contributed by atoms with Gasteiger partial charge in [0.1, 0.15) is 17.2 Å². The molecular weight excluding hydrogens is 404 g/mol. The largest absolute Gasteiger partial charge is 0.396 e. The maximum absolute atomic E-state index is 13.0.